The van der Waals surface area contributed by atoms with Crippen LogP contribution in [-0.4, -0.2) is 67.6 Å². The zero-order valence-corrected chi connectivity index (χ0v) is 21.2. The number of nitrogen functional groups attached to an aromatic ring is 1. The smallest absolute Gasteiger partial charge is 0.242 e. The van der Waals surface area contributed by atoms with Gasteiger partial charge >= 0.3 is 0 Å². The van der Waals surface area contributed by atoms with Crippen molar-refractivity contribution in [1.29, 1.82) is 0 Å². The van der Waals surface area contributed by atoms with Crippen LogP contribution in [0.15, 0.2) is 24.8 Å². The van der Waals surface area contributed by atoms with E-state index in [4.69, 9.17) is 11.5 Å². The van der Waals surface area contributed by atoms with Gasteiger partial charge in [0.25, 0.3) is 0 Å². The topological polar surface area (TPSA) is 131 Å². The summed E-state index contributed by atoms with van der Waals surface area (Å²) in [5, 5.41) is 3.06. The third-order valence-electron chi connectivity index (χ3n) is 7.94. The molecule has 2 aromatic heterocycles. The van der Waals surface area contributed by atoms with Crippen LogP contribution in [0, 0.1) is 5.82 Å². The van der Waals surface area contributed by atoms with Crippen molar-refractivity contribution in [2.24, 2.45) is 5.73 Å². The van der Waals surface area contributed by atoms with E-state index in [2.05, 4.69) is 37.0 Å². The van der Waals surface area contributed by atoms with Gasteiger partial charge in [0.15, 0.2) is 11.5 Å². The summed E-state index contributed by atoms with van der Waals surface area (Å²) in [5.74, 6) is -0.0235. The lowest BCUT2D eigenvalue weighted by Gasteiger charge is -2.29. The van der Waals surface area contributed by atoms with Crippen molar-refractivity contribution in [2.45, 2.75) is 69.7 Å². The van der Waals surface area contributed by atoms with E-state index in [0.29, 0.717) is 61.2 Å². The van der Waals surface area contributed by atoms with Crippen molar-refractivity contribution in [2.75, 3.05) is 30.3 Å². The van der Waals surface area contributed by atoms with Crippen molar-refractivity contribution in [3.05, 3.63) is 41.7 Å². The van der Waals surface area contributed by atoms with E-state index < -0.39 is 5.54 Å². The number of halogens is 1. The van der Waals surface area contributed by atoms with Gasteiger partial charge in [-0.15, -0.1) is 0 Å². The molecule has 37 heavy (non-hydrogen) atoms. The Hall–Kier alpha value is -3.31. The number of fused-ring (bicyclic) bond motifs is 1. The van der Waals surface area contributed by atoms with Gasteiger partial charge in [0, 0.05) is 48.5 Å². The summed E-state index contributed by atoms with van der Waals surface area (Å²) in [4.78, 5) is 30.2. The van der Waals surface area contributed by atoms with Crippen LogP contribution in [0.2, 0.25) is 0 Å². The van der Waals surface area contributed by atoms with Crippen molar-refractivity contribution in [3.8, 4) is 0 Å². The molecule has 1 amide bonds. The molecule has 1 atom stereocenters. The SMILES string of the molecule is CCN(Cc1c(F)ccc(N2CC[C@](N)(C(=O)NC3CC3)C2)c1Cn1cnc2c(N)ncnc21)C1CC1. The molecule has 1 aromatic carbocycles. The van der Waals surface area contributed by atoms with Crippen LogP contribution in [0.5, 0.6) is 0 Å². The van der Waals surface area contributed by atoms with Crippen molar-refractivity contribution in [1.82, 2.24) is 29.7 Å². The summed E-state index contributed by atoms with van der Waals surface area (Å²) < 4.78 is 17.4. The van der Waals surface area contributed by atoms with Gasteiger partial charge in [0.1, 0.15) is 23.2 Å². The van der Waals surface area contributed by atoms with E-state index in [9.17, 15) is 4.79 Å². The molecule has 2 aliphatic carbocycles. The zero-order valence-electron chi connectivity index (χ0n) is 21.2. The van der Waals surface area contributed by atoms with Crippen LogP contribution >= 0.6 is 0 Å². The normalized spacial score (nSPS) is 21.8. The first-order chi connectivity index (χ1) is 17.9. The largest absolute Gasteiger partial charge is 0.382 e. The molecule has 0 radical (unpaired) electrons. The number of nitrogens with zero attached hydrogens (tertiary/aromatic N) is 6. The van der Waals surface area contributed by atoms with E-state index in [1.165, 1.54) is 6.33 Å². The molecule has 0 unspecified atom stereocenters. The monoisotopic (exact) mass is 507 g/mol. The number of amides is 1. The number of carbonyl (C=O) groups excluding carboxylic acids is 1. The van der Waals surface area contributed by atoms with Crippen LogP contribution in [-0.2, 0) is 17.9 Å². The average molecular weight is 508 g/mol. The Balaban J connectivity index is 1.38. The number of hydrogen-bond acceptors (Lipinski definition) is 8. The van der Waals surface area contributed by atoms with Gasteiger partial charge in [-0.3, -0.25) is 9.69 Å². The lowest BCUT2D eigenvalue weighted by molar-refractivity contribution is -0.125. The number of nitrogens with two attached hydrogens (primary N) is 2. The molecule has 3 heterocycles. The van der Waals surface area contributed by atoms with Gasteiger partial charge in [-0.1, -0.05) is 6.92 Å². The lowest BCUT2D eigenvalue weighted by atomic mass is 9.98. The minimum Gasteiger partial charge on any atom is -0.382 e. The van der Waals surface area contributed by atoms with E-state index in [-0.39, 0.29) is 17.8 Å². The second-order valence-electron chi connectivity index (χ2n) is 10.7. The number of nitrogens with one attached hydrogen (secondary N) is 1. The number of carbonyl (C=O) groups is 1. The number of anilines is 2. The molecule has 10 nitrogen and oxygen atoms in total. The van der Waals surface area contributed by atoms with Gasteiger partial charge in [0.05, 0.1) is 12.9 Å². The summed E-state index contributed by atoms with van der Waals surface area (Å²) in [6, 6.07) is 4.11. The lowest BCUT2D eigenvalue weighted by Crippen LogP contribution is -2.56. The summed E-state index contributed by atoms with van der Waals surface area (Å²) in [6.45, 7) is 4.84. The first-order valence-electron chi connectivity index (χ1n) is 13.2. The minimum absolute atomic E-state index is 0.0972. The molecule has 196 valence electrons. The van der Waals surface area contributed by atoms with E-state index >= 15 is 4.39 Å². The molecule has 5 N–H and O–H groups in total. The Morgan fingerprint density at radius 3 is 2.76 bits per heavy atom. The second-order valence-corrected chi connectivity index (χ2v) is 10.7. The van der Waals surface area contributed by atoms with Crippen molar-refractivity contribution in [3.63, 3.8) is 0 Å². The van der Waals surface area contributed by atoms with Crippen LogP contribution in [0.4, 0.5) is 15.9 Å². The molecular formula is C26H34FN9O. The maximum atomic E-state index is 15.5. The highest BCUT2D eigenvalue weighted by atomic mass is 19.1. The first-order valence-corrected chi connectivity index (χ1v) is 13.2. The highest BCUT2D eigenvalue weighted by Crippen LogP contribution is 2.36. The molecule has 0 bridgehead atoms. The summed E-state index contributed by atoms with van der Waals surface area (Å²) in [5.41, 5.74) is 15.2. The fourth-order valence-corrected chi connectivity index (χ4v) is 5.40. The van der Waals surface area contributed by atoms with Crippen LogP contribution in [0.1, 0.15) is 50.2 Å². The predicted molar refractivity (Wildman–Crippen MR) is 139 cm³/mol. The van der Waals surface area contributed by atoms with Gasteiger partial charge in [0.2, 0.25) is 5.91 Å². The van der Waals surface area contributed by atoms with Crippen molar-refractivity contribution >= 4 is 28.6 Å². The highest BCUT2D eigenvalue weighted by Gasteiger charge is 2.43. The predicted octanol–water partition coefficient (Wildman–Crippen LogP) is 1.77. The van der Waals surface area contributed by atoms with Crippen molar-refractivity contribution < 1.29 is 9.18 Å². The maximum absolute atomic E-state index is 15.5. The molecule has 3 aromatic rings. The molecule has 0 spiro atoms. The number of rotatable bonds is 9. The molecule has 1 aliphatic heterocycles. The summed E-state index contributed by atoms with van der Waals surface area (Å²) >= 11 is 0. The highest BCUT2D eigenvalue weighted by molar-refractivity contribution is 5.88. The van der Waals surface area contributed by atoms with E-state index in [1.807, 2.05) is 10.6 Å². The summed E-state index contributed by atoms with van der Waals surface area (Å²) in [6.07, 6.45) is 7.94. The first kappa shape index (κ1) is 24.1. The van der Waals surface area contributed by atoms with Gasteiger partial charge in [-0.2, -0.15) is 0 Å². The van der Waals surface area contributed by atoms with Crippen LogP contribution < -0.4 is 21.7 Å². The Kier molecular flexibility index (Phi) is 5.99. The molecule has 3 fully saturated rings. The summed E-state index contributed by atoms with van der Waals surface area (Å²) in [7, 11) is 0. The van der Waals surface area contributed by atoms with Gasteiger partial charge in [-0.25, -0.2) is 19.3 Å². The standard InChI is InChI=1S/C26H34FN9O/c1-2-34(17-5-6-17)11-18-19(12-36-15-32-22-23(28)30-14-31-24(22)36)21(8-7-20(18)27)35-10-9-26(29,13-35)25(37)33-16-3-4-16/h7-8,14-17H,2-6,9-13,29H2,1H3,(H,33,37)(H2,28,30,31)/t26-/m1/s1. The van der Waals surface area contributed by atoms with E-state index in [1.54, 1.807) is 12.4 Å². The molecule has 1 saturated heterocycles. The van der Waals surface area contributed by atoms with Crippen LogP contribution in [0.3, 0.4) is 0 Å². The number of aromatic nitrogens is 4. The maximum Gasteiger partial charge on any atom is 0.242 e. The molecule has 3 aliphatic rings. The Bertz CT molecular complexity index is 1340. The third kappa shape index (κ3) is 4.61. The third-order valence-corrected chi connectivity index (χ3v) is 7.94. The Labute approximate surface area is 215 Å². The number of imidazole rings is 1. The van der Waals surface area contributed by atoms with Gasteiger partial charge in [-0.05, 0) is 50.8 Å². The number of benzene rings is 1. The van der Waals surface area contributed by atoms with E-state index in [0.717, 1.165) is 43.5 Å². The molecule has 11 heteroatoms. The molecule has 2 saturated carbocycles. The fourth-order valence-electron chi connectivity index (χ4n) is 5.40. The quantitative estimate of drug-likeness (QED) is 0.399. The molecule has 6 rings (SSSR count). The Morgan fingerprint density at radius 1 is 1.22 bits per heavy atom. The number of hydrogen-bond donors (Lipinski definition) is 3. The van der Waals surface area contributed by atoms with Crippen LogP contribution in [0.25, 0.3) is 11.2 Å². The fraction of sp³-hybridized carbons (Fsp3) is 0.538. The average Bonchev–Trinajstić information content (AvgIpc) is 3.81. The molecular weight excluding hydrogens is 473 g/mol. The zero-order chi connectivity index (χ0) is 25.7. The Morgan fingerprint density at radius 2 is 2.03 bits per heavy atom. The minimum atomic E-state index is -0.971. The van der Waals surface area contributed by atoms with Gasteiger partial charge < -0.3 is 26.3 Å². The second kappa shape index (κ2) is 9.21.